The molecule has 0 fully saturated rings. The molecule has 0 unspecified atom stereocenters. The molecule has 0 atom stereocenters. The number of fused-ring (bicyclic) bond motifs is 2. The molecule has 1 heterocycles. The molecule has 0 aliphatic carbocycles. The summed E-state index contributed by atoms with van der Waals surface area (Å²) in [5.41, 5.74) is 4.90. The van der Waals surface area contributed by atoms with Gasteiger partial charge in [0.15, 0.2) is 5.82 Å². The van der Waals surface area contributed by atoms with E-state index >= 15 is 0 Å². The van der Waals surface area contributed by atoms with Crippen molar-refractivity contribution in [1.82, 2.24) is 9.66 Å². The summed E-state index contributed by atoms with van der Waals surface area (Å²) in [5, 5.41) is 7.89. The van der Waals surface area contributed by atoms with Gasteiger partial charge in [-0.2, -0.15) is 9.78 Å². The van der Waals surface area contributed by atoms with Crippen LogP contribution in [0.25, 0.3) is 33.1 Å². The Morgan fingerprint density at radius 3 is 2.43 bits per heavy atom. The van der Waals surface area contributed by atoms with Crippen LogP contribution >= 0.6 is 11.6 Å². The molecule has 0 amide bonds. The lowest BCUT2D eigenvalue weighted by atomic mass is 9.96. The molecular formula is C37H32ClN3O3. The average Bonchev–Trinajstić information content (AvgIpc) is 3.03. The summed E-state index contributed by atoms with van der Waals surface area (Å²) in [4.78, 5) is 18.7. The molecular weight excluding hydrogens is 570 g/mol. The van der Waals surface area contributed by atoms with Crippen LogP contribution in [-0.2, 0) is 6.61 Å². The van der Waals surface area contributed by atoms with Crippen molar-refractivity contribution in [2.75, 3.05) is 7.11 Å². The molecule has 44 heavy (non-hydrogen) atoms. The molecule has 5 aromatic carbocycles. The van der Waals surface area contributed by atoms with E-state index in [4.69, 9.17) is 26.1 Å². The summed E-state index contributed by atoms with van der Waals surface area (Å²) in [6, 6.07) is 31.2. The minimum atomic E-state index is -0.260. The number of hydrogen-bond acceptors (Lipinski definition) is 5. The first-order valence-electron chi connectivity index (χ1n) is 14.5. The average molecular weight is 602 g/mol. The molecule has 0 saturated heterocycles. The minimum absolute atomic E-state index is 0.205. The normalized spacial score (nSPS) is 11.6. The Morgan fingerprint density at radius 2 is 1.66 bits per heavy atom. The summed E-state index contributed by atoms with van der Waals surface area (Å²) in [5.74, 6) is 2.03. The first-order valence-corrected chi connectivity index (χ1v) is 14.9. The highest BCUT2D eigenvalue weighted by molar-refractivity contribution is 6.32. The summed E-state index contributed by atoms with van der Waals surface area (Å²) in [6.45, 7) is 6.58. The second-order valence-corrected chi connectivity index (χ2v) is 11.4. The van der Waals surface area contributed by atoms with Crippen molar-refractivity contribution in [3.05, 3.63) is 135 Å². The molecule has 7 heteroatoms. The summed E-state index contributed by atoms with van der Waals surface area (Å²) >= 11 is 6.65. The lowest BCUT2D eigenvalue weighted by Crippen LogP contribution is -2.20. The Hall–Kier alpha value is -4.94. The van der Waals surface area contributed by atoms with Crippen molar-refractivity contribution in [2.24, 2.45) is 5.10 Å². The van der Waals surface area contributed by atoms with Crippen molar-refractivity contribution in [3.8, 4) is 22.9 Å². The highest BCUT2D eigenvalue weighted by Crippen LogP contribution is 2.34. The van der Waals surface area contributed by atoms with Gasteiger partial charge in [-0.1, -0.05) is 80.0 Å². The number of aryl methyl sites for hydroxylation is 1. The van der Waals surface area contributed by atoms with E-state index in [1.807, 2.05) is 67.6 Å². The third-order valence-electron chi connectivity index (χ3n) is 7.73. The molecule has 0 N–H and O–H groups in total. The number of ether oxygens (including phenoxy) is 2. The third kappa shape index (κ3) is 5.69. The molecule has 0 aliphatic heterocycles. The molecule has 6 aromatic rings. The van der Waals surface area contributed by atoms with E-state index < -0.39 is 0 Å². The highest BCUT2D eigenvalue weighted by atomic mass is 35.5. The molecule has 0 saturated carbocycles. The molecule has 0 radical (unpaired) electrons. The minimum Gasteiger partial charge on any atom is -0.496 e. The standard InChI is InChI=1S/C37H32ClN3O3/c1-23(2)30-20-31(24(3)18-35(30)43-4)36-40-33-15-8-7-14-29(33)37(42)41(36)39-21-25-16-17-34(32(38)19-25)44-22-27-12-9-11-26-10-5-6-13-28(26)27/h5-21,23H,22H2,1-4H3. The lowest BCUT2D eigenvalue weighted by molar-refractivity contribution is 0.308. The Labute approximate surface area is 261 Å². The smallest absolute Gasteiger partial charge is 0.282 e. The monoisotopic (exact) mass is 601 g/mol. The predicted molar refractivity (Wildman–Crippen MR) is 180 cm³/mol. The van der Waals surface area contributed by atoms with E-state index in [1.165, 1.54) is 4.68 Å². The number of para-hydroxylation sites is 1. The maximum absolute atomic E-state index is 13.8. The molecule has 6 nitrogen and oxygen atoms in total. The Morgan fingerprint density at radius 1 is 0.909 bits per heavy atom. The number of nitrogens with zero attached hydrogens (tertiary/aromatic N) is 3. The van der Waals surface area contributed by atoms with Gasteiger partial charge in [-0.05, 0) is 88.3 Å². The number of rotatable bonds is 8. The molecule has 0 spiro atoms. The summed E-state index contributed by atoms with van der Waals surface area (Å²) in [6.07, 6.45) is 1.62. The van der Waals surface area contributed by atoms with Crippen molar-refractivity contribution >= 4 is 39.5 Å². The van der Waals surface area contributed by atoms with Gasteiger partial charge in [-0.3, -0.25) is 4.79 Å². The molecule has 220 valence electrons. The largest absolute Gasteiger partial charge is 0.496 e. The van der Waals surface area contributed by atoms with E-state index in [-0.39, 0.29) is 11.5 Å². The summed E-state index contributed by atoms with van der Waals surface area (Å²) in [7, 11) is 1.67. The zero-order valence-corrected chi connectivity index (χ0v) is 25.8. The van der Waals surface area contributed by atoms with E-state index in [9.17, 15) is 4.79 Å². The second-order valence-electron chi connectivity index (χ2n) is 11.0. The fourth-order valence-electron chi connectivity index (χ4n) is 5.38. The first-order chi connectivity index (χ1) is 21.3. The molecule has 1 aromatic heterocycles. The zero-order chi connectivity index (χ0) is 30.8. The fraction of sp³-hybridized carbons (Fsp3) is 0.162. The van der Waals surface area contributed by atoms with Crippen LogP contribution in [0.15, 0.2) is 107 Å². The number of benzene rings is 5. The summed E-state index contributed by atoms with van der Waals surface area (Å²) < 4.78 is 13.1. The van der Waals surface area contributed by atoms with E-state index in [0.717, 1.165) is 38.8 Å². The zero-order valence-electron chi connectivity index (χ0n) is 25.0. The van der Waals surface area contributed by atoms with E-state index in [1.54, 1.807) is 25.5 Å². The third-order valence-corrected chi connectivity index (χ3v) is 8.03. The topological polar surface area (TPSA) is 65.7 Å². The van der Waals surface area contributed by atoms with Crippen LogP contribution < -0.4 is 15.0 Å². The second kappa shape index (κ2) is 12.3. The van der Waals surface area contributed by atoms with Crippen LogP contribution in [0.2, 0.25) is 5.02 Å². The predicted octanol–water partition coefficient (Wildman–Crippen LogP) is 8.77. The van der Waals surface area contributed by atoms with Crippen LogP contribution in [0, 0.1) is 6.92 Å². The number of aromatic nitrogens is 2. The van der Waals surface area contributed by atoms with Gasteiger partial charge in [0.25, 0.3) is 5.56 Å². The number of halogens is 1. The maximum atomic E-state index is 13.8. The molecule has 0 bridgehead atoms. The van der Waals surface area contributed by atoms with Gasteiger partial charge in [0, 0.05) is 5.56 Å². The van der Waals surface area contributed by atoms with Crippen LogP contribution in [-0.4, -0.2) is 23.0 Å². The van der Waals surface area contributed by atoms with Crippen molar-refractivity contribution < 1.29 is 9.47 Å². The van der Waals surface area contributed by atoms with E-state index in [2.05, 4.69) is 43.2 Å². The number of hydrogen-bond donors (Lipinski definition) is 0. The van der Waals surface area contributed by atoms with E-state index in [0.29, 0.717) is 39.7 Å². The quantitative estimate of drug-likeness (QED) is 0.164. The van der Waals surface area contributed by atoms with Crippen LogP contribution in [0.5, 0.6) is 11.5 Å². The molecule has 6 rings (SSSR count). The van der Waals surface area contributed by atoms with Gasteiger partial charge in [0.2, 0.25) is 0 Å². The Kier molecular flexibility index (Phi) is 8.18. The van der Waals surface area contributed by atoms with Gasteiger partial charge in [-0.25, -0.2) is 4.98 Å². The van der Waals surface area contributed by atoms with Crippen molar-refractivity contribution in [3.63, 3.8) is 0 Å². The first kappa shape index (κ1) is 29.1. The van der Waals surface area contributed by atoms with Gasteiger partial charge >= 0.3 is 0 Å². The number of methoxy groups -OCH3 is 1. The van der Waals surface area contributed by atoms with Gasteiger partial charge in [0.05, 0.1) is 29.2 Å². The highest BCUT2D eigenvalue weighted by Gasteiger charge is 2.18. The van der Waals surface area contributed by atoms with Gasteiger partial charge in [-0.15, -0.1) is 0 Å². The van der Waals surface area contributed by atoms with Crippen LogP contribution in [0.4, 0.5) is 0 Å². The fourth-order valence-corrected chi connectivity index (χ4v) is 5.63. The van der Waals surface area contributed by atoms with Gasteiger partial charge < -0.3 is 9.47 Å². The van der Waals surface area contributed by atoms with Crippen molar-refractivity contribution in [2.45, 2.75) is 33.3 Å². The SMILES string of the molecule is COc1cc(C)c(-c2nc3ccccc3c(=O)n2N=Cc2ccc(OCc3cccc4ccccc34)c(Cl)c2)cc1C(C)C. The maximum Gasteiger partial charge on any atom is 0.282 e. The van der Waals surface area contributed by atoms with Crippen LogP contribution in [0.3, 0.4) is 0 Å². The molecule has 0 aliphatic rings. The van der Waals surface area contributed by atoms with Crippen LogP contribution in [0.1, 0.15) is 42.0 Å². The van der Waals surface area contributed by atoms with Gasteiger partial charge in [0.1, 0.15) is 18.1 Å². The van der Waals surface area contributed by atoms with Crippen molar-refractivity contribution in [1.29, 1.82) is 0 Å². The Bertz CT molecular complexity index is 2090. The Balaban J connectivity index is 1.35. The lowest BCUT2D eigenvalue weighted by Gasteiger charge is -2.17.